The molecule has 0 aliphatic heterocycles. The summed E-state index contributed by atoms with van der Waals surface area (Å²) in [6.07, 6.45) is 0. The SMILES string of the molecule is COc1ccc(C(=O)CNC(=O)c2ccc(Br)cc2)cc1. The number of ether oxygens (including phenoxy) is 1. The number of carbonyl (C=O) groups is 2. The Hall–Kier alpha value is -2.14. The van der Waals surface area contributed by atoms with E-state index < -0.39 is 0 Å². The standard InChI is InChI=1S/C16H14BrNO3/c1-21-14-8-4-11(5-9-14)15(19)10-18-16(20)12-2-6-13(17)7-3-12/h2-9H,10H2,1H3,(H,18,20). The van der Waals surface area contributed by atoms with Gasteiger partial charge in [0.2, 0.25) is 0 Å². The summed E-state index contributed by atoms with van der Waals surface area (Å²) >= 11 is 3.30. The molecule has 1 amide bonds. The summed E-state index contributed by atoms with van der Waals surface area (Å²) in [6.45, 7) is -0.0405. The molecule has 0 saturated heterocycles. The van der Waals surface area contributed by atoms with Gasteiger partial charge in [0.1, 0.15) is 5.75 Å². The molecule has 0 saturated carbocycles. The normalized spacial score (nSPS) is 10.0. The quantitative estimate of drug-likeness (QED) is 0.845. The number of nitrogens with one attached hydrogen (secondary N) is 1. The highest BCUT2D eigenvalue weighted by atomic mass is 79.9. The van der Waals surface area contributed by atoms with E-state index in [-0.39, 0.29) is 18.2 Å². The molecule has 2 rings (SSSR count). The van der Waals surface area contributed by atoms with Gasteiger partial charge in [-0.3, -0.25) is 9.59 Å². The van der Waals surface area contributed by atoms with Crippen LogP contribution < -0.4 is 10.1 Å². The molecule has 0 aliphatic rings. The lowest BCUT2D eigenvalue weighted by Crippen LogP contribution is -2.29. The van der Waals surface area contributed by atoms with Crippen LogP contribution in [0.2, 0.25) is 0 Å². The summed E-state index contributed by atoms with van der Waals surface area (Å²) in [5.74, 6) is 0.262. The number of amides is 1. The molecule has 0 heterocycles. The van der Waals surface area contributed by atoms with Crippen LogP contribution in [0, 0.1) is 0 Å². The first kappa shape index (κ1) is 15.3. The minimum atomic E-state index is -0.274. The van der Waals surface area contributed by atoms with E-state index in [9.17, 15) is 9.59 Å². The summed E-state index contributed by atoms with van der Waals surface area (Å²) in [7, 11) is 1.56. The Labute approximate surface area is 131 Å². The predicted molar refractivity (Wildman–Crippen MR) is 83.8 cm³/mol. The Balaban J connectivity index is 1.93. The van der Waals surface area contributed by atoms with Crippen LogP contribution >= 0.6 is 15.9 Å². The predicted octanol–water partition coefficient (Wildman–Crippen LogP) is 3.07. The number of Topliss-reactive ketones (excluding diaryl/α,β-unsaturated/α-hetero) is 1. The van der Waals surface area contributed by atoms with E-state index in [1.165, 1.54) is 0 Å². The summed E-state index contributed by atoms with van der Waals surface area (Å²) < 4.78 is 5.93. The van der Waals surface area contributed by atoms with Gasteiger partial charge in [0.05, 0.1) is 13.7 Å². The Kier molecular flexibility index (Phi) is 5.11. The van der Waals surface area contributed by atoms with Gasteiger partial charge in [-0.15, -0.1) is 0 Å². The zero-order chi connectivity index (χ0) is 15.2. The number of hydrogen-bond donors (Lipinski definition) is 1. The molecule has 0 spiro atoms. The number of benzene rings is 2. The topological polar surface area (TPSA) is 55.4 Å². The second-order valence-electron chi connectivity index (χ2n) is 4.34. The highest BCUT2D eigenvalue weighted by Gasteiger charge is 2.09. The highest BCUT2D eigenvalue weighted by molar-refractivity contribution is 9.10. The molecule has 2 aromatic rings. The number of halogens is 1. The van der Waals surface area contributed by atoms with Crippen molar-refractivity contribution in [3.63, 3.8) is 0 Å². The fourth-order valence-corrected chi connectivity index (χ4v) is 2.01. The number of carbonyl (C=O) groups excluding carboxylic acids is 2. The molecule has 108 valence electrons. The van der Waals surface area contributed by atoms with Gasteiger partial charge in [-0.05, 0) is 48.5 Å². The zero-order valence-corrected chi connectivity index (χ0v) is 13.0. The maximum absolute atomic E-state index is 12.0. The second kappa shape index (κ2) is 7.04. The smallest absolute Gasteiger partial charge is 0.251 e. The summed E-state index contributed by atoms with van der Waals surface area (Å²) in [6, 6.07) is 13.7. The Morgan fingerprint density at radius 2 is 1.57 bits per heavy atom. The third-order valence-electron chi connectivity index (χ3n) is 2.93. The fourth-order valence-electron chi connectivity index (χ4n) is 1.74. The van der Waals surface area contributed by atoms with E-state index in [0.29, 0.717) is 16.9 Å². The van der Waals surface area contributed by atoms with Crippen LogP contribution in [0.4, 0.5) is 0 Å². The fraction of sp³-hybridized carbons (Fsp3) is 0.125. The summed E-state index contributed by atoms with van der Waals surface area (Å²) in [4.78, 5) is 23.9. The first-order chi connectivity index (χ1) is 10.1. The molecular weight excluding hydrogens is 334 g/mol. The van der Waals surface area contributed by atoms with Gasteiger partial charge in [-0.25, -0.2) is 0 Å². The molecular formula is C16H14BrNO3. The maximum Gasteiger partial charge on any atom is 0.251 e. The van der Waals surface area contributed by atoms with Crippen LogP contribution in [-0.2, 0) is 0 Å². The van der Waals surface area contributed by atoms with Crippen molar-refractivity contribution in [1.82, 2.24) is 5.32 Å². The number of hydrogen-bond acceptors (Lipinski definition) is 3. The van der Waals surface area contributed by atoms with Crippen molar-refractivity contribution in [1.29, 1.82) is 0 Å². The third kappa shape index (κ3) is 4.16. The van der Waals surface area contributed by atoms with Gasteiger partial charge >= 0.3 is 0 Å². The van der Waals surface area contributed by atoms with Gasteiger partial charge in [0.15, 0.2) is 5.78 Å². The largest absolute Gasteiger partial charge is 0.497 e. The second-order valence-corrected chi connectivity index (χ2v) is 5.26. The van der Waals surface area contributed by atoms with Crippen molar-refractivity contribution in [2.45, 2.75) is 0 Å². The molecule has 0 aromatic heterocycles. The first-order valence-electron chi connectivity index (χ1n) is 6.31. The Morgan fingerprint density at radius 3 is 2.14 bits per heavy atom. The van der Waals surface area contributed by atoms with Crippen molar-refractivity contribution in [3.8, 4) is 5.75 Å². The van der Waals surface area contributed by atoms with Crippen molar-refractivity contribution in [2.75, 3.05) is 13.7 Å². The number of methoxy groups -OCH3 is 1. The summed E-state index contributed by atoms with van der Waals surface area (Å²) in [5.41, 5.74) is 1.05. The first-order valence-corrected chi connectivity index (χ1v) is 7.10. The van der Waals surface area contributed by atoms with Crippen LogP contribution in [0.25, 0.3) is 0 Å². The molecule has 0 unspecified atom stereocenters. The van der Waals surface area contributed by atoms with Gasteiger partial charge in [-0.2, -0.15) is 0 Å². The van der Waals surface area contributed by atoms with Crippen LogP contribution in [0.3, 0.4) is 0 Å². The van der Waals surface area contributed by atoms with Crippen molar-refractivity contribution in [3.05, 3.63) is 64.1 Å². The maximum atomic E-state index is 12.0. The average molecular weight is 348 g/mol. The van der Waals surface area contributed by atoms with Crippen molar-refractivity contribution >= 4 is 27.6 Å². The summed E-state index contributed by atoms with van der Waals surface area (Å²) in [5, 5.41) is 2.61. The lowest BCUT2D eigenvalue weighted by atomic mass is 10.1. The Morgan fingerprint density at radius 1 is 1.00 bits per heavy atom. The molecule has 4 nitrogen and oxygen atoms in total. The van der Waals surface area contributed by atoms with Crippen molar-refractivity contribution < 1.29 is 14.3 Å². The number of rotatable bonds is 5. The number of ketones is 1. The minimum Gasteiger partial charge on any atom is -0.497 e. The van der Waals surface area contributed by atoms with E-state index in [1.807, 2.05) is 0 Å². The molecule has 5 heteroatoms. The molecule has 1 N–H and O–H groups in total. The van der Waals surface area contributed by atoms with Gasteiger partial charge in [-0.1, -0.05) is 15.9 Å². The van der Waals surface area contributed by atoms with E-state index in [1.54, 1.807) is 55.6 Å². The lowest BCUT2D eigenvalue weighted by Gasteiger charge is -2.06. The van der Waals surface area contributed by atoms with Crippen LogP contribution in [0.5, 0.6) is 5.75 Å². The van der Waals surface area contributed by atoms with Gasteiger partial charge < -0.3 is 10.1 Å². The van der Waals surface area contributed by atoms with Crippen LogP contribution in [-0.4, -0.2) is 25.3 Å². The molecule has 0 bridgehead atoms. The van der Waals surface area contributed by atoms with E-state index in [2.05, 4.69) is 21.2 Å². The lowest BCUT2D eigenvalue weighted by molar-refractivity contribution is 0.0904. The van der Waals surface area contributed by atoms with E-state index in [4.69, 9.17) is 4.74 Å². The molecule has 0 atom stereocenters. The highest BCUT2D eigenvalue weighted by Crippen LogP contribution is 2.12. The minimum absolute atomic E-state index is 0.0405. The molecule has 21 heavy (non-hydrogen) atoms. The zero-order valence-electron chi connectivity index (χ0n) is 11.4. The van der Waals surface area contributed by atoms with Crippen LogP contribution in [0.15, 0.2) is 53.0 Å². The van der Waals surface area contributed by atoms with E-state index >= 15 is 0 Å². The molecule has 0 fully saturated rings. The third-order valence-corrected chi connectivity index (χ3v) is 3.46. The Bertz CT molecular complexity index is 636. The molecule has 0 radical (unpaired) electrons. The molecule has 0 aliphatic carbocycles. The van der Waals surface area contributed by atoms with Crippen LogP contribution in [0.1, 0.15) is 20.7 Å². The van der Waals surface area contributed by atoms with E-state index in [0.717, 1.165) is 4.47 Å². The van der Waals surface area contributed by atoms with Gasteiger partial charge in [0.25, 0.3) is 5.91 Å². The average Bonchev–Trinajstić information content (AvgIpc) is 2.53. The van der Waals surface area contributed by atoms with Gasteiger partial charge in [0, 0.05) is 15.6 Å². The molecule has 2 aromatic carbocycles. The van der Waals surface area contributed by atoms with Crippen molar-refractivity contribution in [2.24, 2.45) is 0 Å². The monoisotopic (exact) mass is 347 g/mol.